The summed E-state index contributed by atoms with van der Waals surface area (Å²) in [6.45, 7) is 3.87. The first-order valence-corrected chi connectivity index (χ1v) is 10.9. The maximum absolute atomic E-state index is 12.6. The van der Waals surface area contributed by atoms with Crippen LogP contribution < -0.4 is 15.7 Å². The van der Waals surface area contributed by atoms with Crippen LogP contribution in [0.4, 0.5) is 5.69 Å². The van der Waals surface area contributed by atoms with E-state index in [1.807, 2.05) is 45.3 Å². The number of amides is 1. The van der Waals surface area contributed by atoms with Crippen LogP contribution in [0.5, 0.6) is 5.75 Å². The fourth-order valence-corrected chi connectivity index (χ4v) is 4.28. The second kappa shape index (κ2) is 9.93. The predicted molar refractivity (Wildman–Crippen MR) is 116 cm³/mol. The lowest BCUT2D eigenvalue weighted by Crippen LogP contribution is -2.31. The SMILES string of the molecule is CCOc1ccccc1NC(=O)CSc1nc(=O)n(CCN(C)C)c2c1CCC2. The molecule has 0 unspecified atom stereocenters. The Labute approximate surface area is 175 Å². The number of carbonyl (C=O) groups excluding carboxylic acids is 1. The van der Waals surface area contributed by atoms with Crippen molar-refractivity contribution in [3.63, 3.8) is 0 Å². The van der Waals surface area contributed by atoms with Gasteiger partial charge in [0.25, 0.3) is 0 Å². The number of para-hydroxylation sites is 2. The van der Waals surface area contributed by atoms with Crippen LogP contribution in [0.15, 0.2) is 34.1 Å². The third-order valence-electron chi connectivity index (χ3n) is 4.77. The molecule has 29 heavy (non-hydrogen) atoms. The molecule has 0 radical (unpaired) electrons. The molecule has 1 aliphatic carbocycles. The Kier molecular flexibility index (Phi) is 7.33. The normalized spacial score (nSPS) is 12.8. The summed E-state index contributed by atoms with van der Waals surface area (Å²) in [7, 11) is 3.98. The van der Waals surface area contributed by atoms with E-state index in [4.69, 9.17) is 4.74 Å². The number of carbonyl (C=O) groups is 1. The summed E-state index contributed by atoms with van der Waals surface area (Å²) < 4.78 is 7.34. The molecule has 1 aromatic heterocycles. The summed E-state index contributed by atoms with van der Waals surface area (Å²) in [6.07, 6.45) is 2.81. The summed E-state index contributed by atoms with van der Waals surface area (Å²) in [4.78, 5) is 31.4. The van der Waals surface area contributed by atoms with Gasteiger partial charge in [0.05, 0.1) is 18.0 Å². The van der Waals surface area contributed by atoms with E-state index >= 15 is 0 Å². The molecular weight excluding hydrogens is 388 g/mol. The number of ether oxygens (including phenoxy) is 1. The standard InChI is InChI=1S/C21H28N4O3S/c1-4-28-18-11-6-5-9-16(18)22-19(26)14-29-20-15-8-7-10-17(15)25(21(27)23-20)13-12-24(2)3/h5-6,9,11H,4,7-8,10,12-14H2,1-3H3,(H,22,26). The number of aromatic nitrogens is 2. The number of hydrogen-bond donors (Lipinski definition) is 1. The molecule has 0 bridgehead atoms. The van der Waals surface area contributed by atoms with Crippen molar-refractivity contribution in [3.05, 3.63) is 46.0 Å². The molecule has 0 saturated carbocycles. The van der Waals surface area contributed by atoms with Crippen LogP contribution in [0, 0.1) is 0 Å². The Morgan fingerprint density at radius 1 is 1.31 bits per heavy atom. The summed E-state index contributed by atoms with van der Waals surface area (Å²) >= 11 is 1.33. The second-order valence-electron chi connectivity index (χ2n) is 7.20. The molecular formula is C21H28N4O3S. The van der Waals surface area contributed by atoms with E-state index in [0.717, 1.165) is 37.1 Å². The van der Waals surface area contributed by atoms with Gasteiger partial charge in [-0.25, -0.2) is 4.79 Å². The van der Waals surface area contributed by atoms with Gasteiger partial charge in [-0.1, -0.05) is 23.9 Å². The summed E-state index contributed by atoms with van der Waals surface area (Å²) in [5.74, 6) is 0.699. The van der Waals surface area contributed by atoms with Crippen LogP contribution in [0.1, 0.15) is 24.6 Å². The fourth-order valence-electron chi connectivity index (χ4n) is 3.41. The van der Waals surface area contributed by atoms with E-state index in [-0.39, 0.29) is 17.3 Å². The van der Waals surface area contributed by atoms with Crippen molar-refractivity contribution in [2.75, 3.05) is 38.3 Å². The molecule has 3 rings (SSSR count). The van der Waals surface area contributed by atoms with Gasteiger partial charge in [-0.2, -0.15) is 4.98 Å². The van der Waals surface area contributed by atoms with Crippen LogP contribution in [-0.2, 0) is 24.2 Å². The van der Waals surface area contributed by atoms with E-state index in [1.165, 1.54) is 11.8 Å². The number of rotatable bonds is 9. The lowest BCUT2D eigenvalue weighted by atomic mass is 10.2. The number of thioether (sulfide) groups is 1. The molecule has 1 amide bonds. The van der Waals surface area contributed by atoms with E-state index in [0.29, 0.717) is 29.6 Å². The third kappa shape index (κ3) is 5.39. The summed E-state index contributed by atoms with van der Waals surface area (Å²) in [5.41, 5.74) is 2.63. The lowest BCUT2D eigenvalue weighted by molar-refractivity contribution is -0.113. The number of anilines is 1. The Balaban J connectivity index is 1.70. The van der Waals surface area contributed by atoms with E-state index in [2.05, 4.69) is 15.2 Å². The molecule has 1 aliphatic rings. The Morgan fingerprint density at radius 3 is 2.86 bits per heavy atom. The van der Waals surface area contributed by atoms with Crippen LogP contribution in [0.25, 0.3) is 0 Å². The molecule has 1 aromatic carbocycles. The Morgan fingerprint density at radius 2 is 2.10 bits per heavy atom. The Hall–Kier alpha value is -2.32. The molecule has 0 aliphatic heterocycles. The Bertz CT molecular complexity index is 927. The molecule has 1 heterocycles. The van der Waals surface area contributed by atoms with Gasteiger partial charge in [-0.05, 0) is 52.4 Å². The van der Waals surface area contributed by atoms with Gasteiger partial charge in [0.15, 0.2) is 0 Å². The van der Waals surface area contributed by atoms with E-state index < -0.39 is 0 Å². The number of likely N-dealkylation sites (N-methyl/N-ethyl adjacent to an activating group) is 1. The van der Waals surface area contributed by atoms with Crippen LogP contribution >= 0.6 is 11.8 Å². The van der Waals surface area contributed by atoms with Gasteiger partial charge >= 0.3 is 5.69 Å². The van der Waals surface area contributed by atoms with Crippen molar-refractivity contribution < 1.29 is 9.53 Å². The van der Waals surface area contributed by atoms with E-state index in [1.54, 1.807) is 4.57 Å². The minimum absolute atomic E-state index is 0.146. The minimum Gasteiger partial charge on any atom is -0.492 e. The smallest absolute Gasteiger partial charge is 0.348 e. The number of benzene rings is 1. The molecule has 0 spiro atoms. The fraction of sp³-hybridized carbons (Fsp3) is 0.476. The van der Waals surface area contributed by atoms with Crippen molar-refractivity contribution in [2.45, 2.75) is 37.8 Å². The zero-order chi connectivity index (χ0) is 20.8. The number of hydrogen-bond acceptors (Lipinski definition) is 6. The molecule has 0 fully saturated rings. The van der Waals surface area contributed by atoms with Crippen LogP contribution in [0.3, 0.4) is 0 Å². The highest BCUT2D eigenvalue weighted by atomic mass is 32.2. The maximum atomic E-state index is 12.6. The van der Waals surface area contributed by atoms with Crippen molar-refractivity contribution in [3.8, 4) is 5.75 Å². The average Bonchev–Trinajstić information content (AvgIpc) is 3.17. The van der Waals surface area contributed by atoms with Gasteiger partial charge in [0, 0.05) is 24.3 Å². The van der Waals surface area contributed by atoms with Crippen LogP contribution in [0.2, 0.25) is 0 Å². The highest BCUT2D eigenvalue weighted by Gasteiger charge is 2.22. The minimum atomic E-state index is -0.225. The van der Waals surface area contributed by atoms with Gasteiger partial charge in [0.1, 0.15) is 10.8 Å². The van der Waals surface area contributed by atoms with E-state index in [9.17, 15) is 9.59 Å². The van der Waals surface area contributed by atoms with Crippen molar-refractivity contribution >= 4 is 23.4 Å². The number of nitrogens with zero attached hydrogens (tertiary/aromatic N) is 3. The first kappa shape index (κ1) is 21.4. The average molecular weight is 417 g/mol. The molecule has 7 nitrogen and oxygen atoms in total. The largest absolute Gasteiger partial charge is 0.492 e. The monoisotopic (exact) mass is 416 g/mol. The molecule has 0 atom stereocenters. The molecule has 156 valence electrons. The molecule has 0 saturated heterocycles. The molecule has 8 heteroatoms. The van der Waals surface area contributed by atoms with Gasteiger partial charge in [-0.3, -0.25) is 9.36 Å². The zero-order valence-corrected chi connectivity index (χ0v) is 18.1. The molecule has 2 aromatic rings. The zero-order valence-electron chi connectivity index (χ0n) is 17.2. The first-order valence-electron chi connectivity index (χ1n) is 9.91. The van der Waals surface area contributed by atoms with Crippen molar-refractivity contribution in [1.29, 1.82) is 0 Å². The highest BCUT2D eigenvalue weighted by molar-refractivity contribution is 8.00. The molecule has 1 N–H and O–H groups in total. The van der Waals surface area contributed by atoms with Gasteiger partial charge in [-0.15, -0.1) is 0 Å². The number of fused-ring (bicyclic) bond motifs is 1. The summed E-state index contributed by atoms with van der Waals surface area (Å²) in [6, 6.07) is 7.37. The highest BCUT2D eigenvalue weighted by Crippen LogP contribution is 2.30. The number of nitrogens with one attached hydrogen (secondary N) is 1. The maximum Gasteiger partial charge on any atom is 0.348 e. The van der Waals surface area contributed by atoms with Crippen LogP contribution in [-0.4, -0.2) is 53.4 Å². The summed E-state index contributed by atoms with van der Waals surface area (Å²) in [5, 5.41) is 3.58. The second-order valence-corrected chi connectivity index (χ2v) is 8.16. The van der Waals surface area contributed by atoms with Gasteiger partial charge in [0.2, 0.25) is 5.91 Å². The lowest BCUT2D eigenvalue weighted by Gasteiger charge is -2.16. The van der Waals surface area contributed by atoms with Crippen molar-refractivity contribution in [1.82, 2.24) is 14.5 Å². The predicted octanol–water partition coefficient (Wildman–Crippen LogP) is 2.42. The quantitative estimate of drug-likeness (QED) is 0.500. The van der Waals surface area contributed by atoms with Crippen molar-refractivity contribution in [2.24, 2.45) is 0 Å². The van der Waals surface area contributed by atoms with Gasteiger partial charge < -0.3 is 15.0 Å². The first-order chi connectivity index (χ1) is 14.0. The third-order valence-corrected chi connectivity index (χ3v) is 5.79. The topological polar surface area (TPSA) is 76.5 Å².